The third kappa shape index (κ3) is 11.5. The van der Waals surface area contributed by atoms with Gasteiger partial charge in [0.1, 0.15) is 51.4 Å². The minimum Gasteiger partial charge on any atom is -0.494 e. The molecule has 7 aromatic rings. The Hall–Kier alpha value is -8.53. The molecule has 5 N–H and O–H groups in total. The van der Waals surface area contributed by atoms with Crippen LogP contribution in [0.3, 0.4) is 0 Å². The molecule has 0 aliphatic carbocycles. The molecule has 22 nitrogen and oxygen atoms in total. The van der Waals surface area contributed by atoms with Gasteiger partial charge in [0.15, 0.2) is 0 Å². The number of amides is 5. The van der Waals surface area contributed by atoms with E-state index in [9.17, 15) is 28.8 Å². The van der Waals surface area contributed by atoms with E-state index in [4.69, 9.17) is 25.2 Å². The van der Waals surface area contributed by atoms with Gasteiger partial charge in [0.25, 0.3) is 23.6 Å². The summed E-state index contributed by atoms with van der Waals surface area (Å²) < 4.78 is 19.4. The number of nitrogens with two attached hydrogens (primary N) is 2. The summed E-state index contributed by atoms with van der Waals surface area (Å²) >= 11 is 0. The maximum atomic E-state index is 13.9. The second kappa shape index (κ2) is 24.1. The molecule has 0 unspecified atom stereocenters. The Kier molecular flexibility index (Phi) is 17.7. The highest BCUT2D eigenvalue weighted by atomic mass is 16.5. The number of fused-ring (bicyclic) bond motifs is 4. The lowest BCUT2D eigenvalue weighted by atomic mass is 10.2. The summed E-state index contributed by atoms with van der Waals surface area (Å²) in [6, 6.07) is 12.2. The molecule has 0 bridgehead atoms. The van der Waals surface area contributed by atoms with E-state index in [-0.39, 0.29) is 50.2 Å². The minimum absolute atomic E-state index is 0.0237. The molecule has 1 aromatic carbocycles. The lowest BCUT2D eigenvalue weighted by molar-refractivity contribution is -0.138. The van der Waals surface area contributed by atoms with Gasteiger partial charge in [0, 0.05) is 81.9 Å². The monoisotopic (exact) mass is 998 g/mol. The second-order valence-electron chi connectivity index (χ2n) is 16.3. The molecule has 7 heterocycles. The zero-order chi connectivity index (χ0) is 53.1. The predicted molar refractivity (Wildman–Crippen MR) is 276 cm³/mol. The van der Waals surface area contributed by atoms with Crippen molar-refractivity contribution in [1.29, 1.82) is 0 Å². The summed E-state index contributed by atoms with van der Waals surface area (Å²) in [5.74, 6) is -1.43. The summed E-state index contributed by atoms with van der Waals surface area (Å²) in [5.41, 5.74) is 16.4. The lowest BCUT2D eigenvalue weighted by Gasteiger charge is -2.19. The number of rotatable bonds is 20. The first-order chi connectivity index (χ1) is 35.2. The number of primary amides is 1. The molecule has 0 saturated carbocycles. The van der Waals surface area contributed by atoms with Gasteiger partial charge in [-0.1, -0.05) is 26.0 Å². The lowest BCUT2D eigenvalue weighted by Crippen LogP contribution is -2.36. The molecule has 5 amide bonds. The van der Waals surface area contributed by atoms with Gasteiger partial charge < -0.3 is 35.0 Å². The normalized spacial score (nSPS) is 12.1. The van der Waals surface area contributed by atoms with Gasteiger partial charge >= 0.3 is 0 Å². The molecule has 73 heavy (non-hydrogen) atoms. The van der Waals surface area contributed by atoms with Crippen molar-refractivity contribution >= 4 is 74.9 Å². The molecular formula is C51H62N14O8. The van der Waals surface area contributed by atoms with Gasteiger partial charge in [-0.2, -0.15) is 10.2 Å². The van der Waals surface area contributed by atoms with E-state index < -0.39 is 23.6 Å². The highest BCUT2D eigenvalue weighted by Crippen LogP contribution is 2.36. The smallest absolute Gasteiger partial charge is 0.276 e. The van der Waals surface area contributed by atoms with E-state index in [2.05, 4.69) is 26.2 Å². The predicted octanol–water partition coefficient (Wildman–Crippen LogP) is 5.22. The number of anilines is 1. The summed E-state index contributed by atoms with van der Waals surface area (Å²) in [6.45, 7) is 13.5. The summed E-state index contributed by atoms with van der Waals surface area (Å²) in [7, 11) is 4.63. The van der Waals surface area contributed by atoms with Crippen LogP contribution in [0.4, 0.5) is 5.95 Å². The van der Waals surface area contributed by atoms with Gasteiger partial charge in [0.05, 0.1) is 42.0 Å². The van der Waals surface area contributed by atoms with Crippen molar-refractivity contribution in [1.82, 2.24) is 53.4 Å². The number of methoxy groups -OCH3 is 1. The molecule has 22 heteroatoms. The number of allylic oxidation sites excluding steroid dienone is 2. The average molecular weight is 999 g/mol. The highest BCUT2D eigenvalue weighted by Gasteiger charge is 2.26. The number of carbonyl (C=O) groups is 6. The van der Waals surface area contributed by atoms with Crippen molar-refractivity contribution in [3.8, 4) is 22.9 Å². The first-order valence-electron chi connectivity index (χ1n) is 23.9. The molecule has 0 atom stereocenters. The quantitative estimate of drug-likeness (QED) is 0.0382. The molecule has 0 spiro atoms. The topological polar surface area (TPSA) is 276 Å². The first-order valence-corrected chi connectivity index (χ1v) is 23.9. The number of nitrogens with one attached hydrogen (secondary N) is 1. The van der Waals surface area contributed by atoms with Crippen LogP contribution in [-0.4, -0.2) is 130 Å². The maximum Gasteiger partial charge on any atom is 0.276 e. The molecule has 0 saturated heterocycles. The number of hydrogen-bond acceptors (Lipinski definition) is 14. The van der Waals surface area contributed by atoms with Crippen LogP contribution in [0.5, 0.6) is 11.5 Å². The van der Waals surface area contributed by atoms with Crippen molar-refractivity contribution in [3.63, 3.8) is 0 Å². The number of imide groups is 1. The van der Waals surface area contributed by atoms with Gasteiger partial charge in [-0.3, -0.25) is 48.3 Å². The van der Waals surface area contributed by atoms with Crippen molar-refractivity contribution in [2.75, 3.05) is 46.2 Å². The number of carbonyl (C=O) groups excluding carboxylic acids is 6. The van der Waals surface area contributed by atoms with Crippen LogP contribution in [0.1, 0.15) is 83.3 Å². The largest absolute Gasteiger partial charge is 0.494 e. The molecule has 1 aliphatic rings. The number of benzene rings is 1. The van der Waals surface area contributed by atoms with Gasteiger partial charge in [-0.05, 0) is 77.6 Å². The summed E-state index contributed by atoms with van der Waals surface area (Å²) in [4.78, 5) is 92.4. The number of ether oxygens (including phenoxy) is 2. The van der Waals surface area contributed by atoms with E-state index in [1.165, 1.54) is 37.3 Å². The summed E-state index contributed by atoms with van der Waals surface area (Å²) in [6.07, 6.45) is 7.21. The molecule has 6 aromatic heterocycles. The van der Waals surface area contributed by atoms with E-state index in [0.29, 0.717) is 99.6 Å². The van der Waals surface area contributed by atoms with Crippen LogP contribution >= 0.6 is 0 Å². The fraction of sp³-hybridized carbons (Fsp3) is 0.353. The second-order valence-corrected chi connectivity index (χ2v) is 16.3. The standard InChI is InChI=1S/C48H51N13O8.C2H6.CH5N/c1-7-60-35(22-28(3)54-60)32-13-12-31-42-44(37(68-6)26-34(50-42)45(49)66)58(46(31)51-32)18-9-10-19-59-43-33(52-48(59)53-47(67)36-23-29(4)55-61(36)8-2)24-30(27-62)25-38(43)69-21-11-17-56(5)39(63)16-20-57-40(64)14-15-41(57)65;2*1-2/h9-10,12-15,22-27H,7-8,11,16-21H2,1-6H3,(H2,49,66)(H,52,53,67);1-2H3;2H2,1H3/b10-9+;;. The van der Waals surface area contributed by atoms with E-state index >= 15 is 0 Å². The third-order valence-corrected chi connectivity index (χ3v) is 11.7. The Balaban J connectivity index is 0.00000212. The molecular weight excluding hydrogens is 937 g/mol. The van der Waals surface area contributed by atoms with Crippen LogP contribution in [0, 0.1) is 13.8 Å². The van der Waals surface area contributed by atoms with Crippen molar-refractivity contribution < 1.29 is 38.2 Å². The van der Waals surface area contributed by atoms with Crippen LogP contribution in [0.2, 0.25) is 0 Å². The number of aldehydes is 1. The number of aromatic nitrogens is 9. The Labute approximate surface area is 421 Å². The van der Waals surface area contributed by atoms with Crippen LogP contribution < -0.4 is 26.3 Å². The van der Waals surface area contributed by atoms with Gasteiger partial charge in [0.2, 0.25) is 11.9 Å². The number of hydrogen-bond donors (Lipinski definition) is 3. The number of aryl methyl sites for hydroxylation is 4. The Bertz CT molecular complexity index is 3250. The molecule has 384 valence electrons. The number of pyridine rings is 2. The van der Waals surface area contributed by atoms with E-state index in [1.807, 2.05) is 74.2 Å². The number of nitrogens with zero attached hydrogens (tertiary/aromatic N) is 11. The zero-order valence-electron chi connectivity index (χ0n) is 42.6. The Morgan fingerprint density at radius 3 is 2.16 bits per heavy atom. The van der Waals surface area contributed by atoms with E-state index in [1.54, 1.807) is 41.4 Å². The Morgan fingerprint density at radius 1 is 0.836 bits per heavy atom. The van der Waals surface area contributed by atoms with E-state index in [0.717, 1.165) is 16.3 Å². The van der Waals surface area contributed by atoms with Gasteiger partial charge in [-0.25, -0.2) is 15.0 Å². The third-order valence-electron chi connectivity index (χ3n) is 11.7. The van der Waals surface area contributed by atoms with Crippen molar-refractivity contribution in [3.05, 3.63) is 95.1 Å². The molecule has 8 rings (SSSR count). The average Bonchev–Trinajstić information content (AvgIpc) is 4.22. The van der Waals surface area contributed by atoms with Crippen LogP contribution in [0.15, 0.2) is 66.8 Å². The highest BCUT2D eigenvalue weighted by molar-refractivity contribution is 6.13. The molecule has 1 aliphatic heterocycles. The van der Waals surface area contributed by atoms with Crippen LogP contribution in [-0.2, 0) is 40.6 Å². The van der Waals surface area contributed by atoms with Crippen molar-refractivity contribution in [2.24, 2.45) is 11.5 Å². The van der Waals surface area contributed by atoms with Crippen LogP contribution in [0.25, 0.3) is 44.5 Å². The zero-order valence-corrected chi connectivity index (χ0v) is 42.6. The minimum atomic E-state index is -0.709. The molecule has 0 fully saturated rings. The maximum absolute atomic E-state index is 13.9. The number of imidazole rings is 1. The summed E-state index contributed by atoms with van der Waals surface area (Å²) in [5, 5.41) is 12.7. The fourth-order valence-corrected chi connectivity index (χ4v) is 8.36. The molecule has 0 radical (unpaired) electrons. The first kappa shape index (κ1) is 53.8. The SMILES string of the molecule is CC.CCn1nc(C)cc1C(=O)Nc1nc2cc(C=O)cc(OCCCN(C)C(=O)CCN3C(=O)C=CC3=O)c2n1C/C=C/Cn1c2nc(-c3cc(C)nn3CC)ccc2c2nc(C(N)=O)cc(OC)c21.CN. The Morgan fingerprint density at radius 2 is 1.51 bits per heavy atom. The fourth-order valence-electron chi connectivity index (χ4n) is 8.36. The van der Waals surface area contributed by atoms with Crippen molar-refractivity contribution in [2.45, 2.75) is 80.6 Å². The van der Waals surface area contributed by atoms with Gasteiger partial charge in [-0.15, -0.1) is 0 Å².